The van der Waals surface area contributed by atoms with Gasteiger partial charge in [0.05, 0.1) is 16.2 Å². The number of nitrogens with zero attached hydrogens (tertiary/aromatic N) is 2. The SMILES string of the molecule is CSc1ncc(Br)c([C@H](Cc2cc(F)cc(F)c2)N[S@@+]([O-])C(C)(C)C)n1. The second-order valence-corrected chi connectivity index (χ2v) is 10.2. The van der Waals surface area contributed by atoms with E-state index in [2.05, 4.69) is 30.6 Å². The Morgan fingerprint density at radius 3 is 2.42 bits per heavy atom. The average Bonchev–Trinajstić information content (AvgIpc) is 2.53. The van der Waals surface area contributed by atoms with Gasteiger partial charge in [-0.1, -0.05) is 11.8 Å². The number of halogens is 3. The van der Waals surface area contributed by atoms with E-state index in [1.54, 1.807) is 6.20 Å². The zero-order valence-corrected chi connectivity index (χ0v) is 18.1. The lowest BCUT2D eigenvalue weighted by molar-refractivity contribution is 0.514. The Morgan fingerprint density at radius 2 is 1.88 bits per heavy atom. The standard InChI is InChI=1S/C17H20BrF2N3OS2/c1-17(2,3)26(24)23-14(7-10-5-11(19)8-12(20)6-10)15-13(18)9-21-16(22-15)25-4/h5-6,8-9,14,23H,7H2,1-4H3/t14-,26-/m0/s1. The minimum Gasteiger partial charge on any atom is -0.598 e. The van der Waals surface area contributed by atoms with Crippen molar-refractivity contribution in [3.05, 3.63) is 51.8 Å². The summed E-state index contributed by atoms with van der Waals surface area (Å²) in [6.07, 6.45) is 3.69. The topological polar surface area (TPSA) is 60.9 Å². The van der Waals surface area contributed by atoms with Crippen LogP contribution >= 0.6 is 27.7 Å². The van der Waals surface area contributed by atoms with Gasteiger partial charge >= 0.3 is 0 Å². The van der Waals surface area contributed by atoms with Crippen molar-refractivity contribution in [3.63, 3.8) is 0 Å². The molecule has 0 saturated heterocycles. The first-order valence-corrected chi connectivity index (χ1v) is 11.0. The quantitative estimate of drug-likeness (QED) is 0.386. The number of hydrogen-bond acceptors (Lipinski definition) is 5. The highest BCUT2D eigenvalue weighted by molar-refractivity contribution is 9.10. The number of aromatic nitrogens is 2. The molecule has 0 amide bonds. The molecule has 0 spiro atoms. The summed E-state index contributed by atoms with van der Waals surface area (Å²) in [6.45, 7) is 5.53. The first-order chi connectivity index (χ1) is 12.1. The van der Waals surface area contributed by atoms with Crippen molar-refractivity contribution in [2.75, 3.05) is 6.26 Å². The highest BCUT2D eigenvalue weighted by Crippen LogP contribution is 2.28. The molecule has 26 heavy (non-hydrogen) atoms. The van der Waals surface area contributed by atoms with Crippen molar-refractivity contribution < 1.29 is 13.3 Å². The number of rotatable bonds is 6. The summed E-state index contributed by atoms with van der Waals surface area (Å²) in [5, 5.41) is 0.557. The number of hydrogen-bond donors (Lipinski definition) is 1. The molecular weight excluding hydrogens is 444 g/mol. The fourth-order valence-electron chi connectivity index (χ4n) is 2.17. The van der Waals surface area contributed by atoms with Crippen LogP contribution in [0.2, 0.25) is 0 Å². The van der Waals surface area contributed by atoms with Gasteiger partial charge in [0.1, 0.15) is 16.4 Å². The van der Waals surface area contributed by atoms with Crippen LogP contribution in [0.15, 0.2) is 34.0 Å². The molecule has 1 aromatic heterocycles. The smallest absolute Gasteiger partial charge is 0.187 e. The maximum atomic E-state index is 13.6. The van der Waals surface area contributed by atoms with Crippen molar-refractivity contribution in [3.8, 4) is 0 Å². The molecule has 4 nitrogen and oxygen atoms in total. The molecule has 142 valence electrons. The van der Waals surface area contributed by atoms with Crippen LogP contribution in [-0.4, -0.2) is 25.5 Å². The molecule has 2 aromatic rings. The molecule has 0 fully saturated rings. The molecule has 0 aliphatic heterocycles. The summed E-state index contributed by atoms with van der Waals surface area (Å²) in [5.74, 6) is -1.30. The van der Waals surface area contributed by atoms with E-state index in [0.29, 0.717) is 20.9 Å². The highest BCUT2D eigenvalue weighted by Gasteiger charge is 2.31. The van der Waals surface area contributed by atoms with Gasteiger partial charge < -0.3 is 4.55 Å². The lowest BCUT2D eigenvalue weighted by Gasteiger charge is -2.28. The van der Waals surface area contributed by atoms with Gasteiger partial charge in [-0.05, 0) is 67.1 Å². The molecule has 2 atom stereocenters. The Kier molecular flexibility index (Phi) is 7.43. The third-order valence-electron chi connectivity index (χ3n) is 3.43. The maximum Gasteiger partial charge on any atom is 0.187 e. The van der Waals surface area contributed by atoms with Crippen molar-refractivity contribution in [1.29, 1.82) is 0 Å². The van der Waals surface area contributed by atoms with Gasteiger partial charge in [0.15, 0.2) is 5.16 Å². The Balaban J connectivity index is 2.41. The Hall–Kier alpha value is -0.740. The summed E-state index contributed by atoms with van der Waals surface area (Å²) < 4.78 is 42.9. The molecule has 9 heteroatoms. The van der Waals surface area contributed by atoms with Crippen LogP contribution in [0.1, 0.15) is 38.1 Å². The number of benzene rings is 1. The Labute approximate surface area is 168 Å². The first kappa shape index (κ1) is 21.6. The van der Waals surface area contributed by atoms with Gasteiger partial charge in [-0.2, -0.15) is 0 Å². The van der Waals surface area contributed by atoms with E-state index in [0.717, 1.165) is 6.07 Å². The lowest BCUT2D eigenvalue weighted by atomic mass is 10.0. The fourth-order valence-corrected chi connectivity index (χ4v) is 3.79. The Morgan fingerprint density at radius 1 is 1.27 bits per heavy atom. The average molecular weight is 464 g/mol. The summed E-state index contributed by atoms with van der Waals surface area (Å²) in [5.41, 5.74) is 1.04. The third kappa shape index (κ3) is 5.88. The van der Waals surface area contributed by atoms with Crippen LogP contribution < -0.4 is 4.72 Å². The zero-order chi connectivity index (χ0) is 19.5. The molecule has 0 unspecified atom stereocenters. The molecular formula is C17H20BrF2N3OS2. The lowest BCUT2D eigenvalue weighted by Crippen LogP contribution is -2.42. The van der Waals surface area contributed by atoms with Crippen LogP contribution in [0.5, 0.6) is 0 Å². The molecule has 1 N–H and O–H groups in total. The molecule has 2 rings (SSSR count). The Bertz CT molecular complexity index is 754. The van der Waals surface area contributed by atoms with Crippen LogP contribution in [0, 0.1) is 11.6 Å². The van der Waals surface area contributed by atoms with Crippen LogP contribution in [0.4, 0.5) is 8.78 Å². The summed E-state index contributed by atoms with van der Waals surface area (Å²) in [7, 11) is 0. The van der Waals surface area contributed by atoms with Gasteiger partial charge in [-0.25, -0.2) is 18.7 Å². The van der Waals surface area contributed by atoms with E-state index >= 15 is 0 Å². The molecule has 0 aliphatic rings. The fraction of sp³-hybridized carbons (Fsp3) is 0.412. The maximum absolute atomic E-state index is 13.6. The zero-order valence-electron chi connectivity index (χ0n) is 14.8. The van der Waals surface area contributed by atoms with Crippen LogP contribution in [0.25, 0.3) is 0 Å². The van der Waals surface area contributed by atoms with Crippen molar-refractivity contribution >= 4 is 39.1 Å². The van der Waals surface area contributed by atoms with Crippen LogP contribution in [-0.2, 0) is 17.8 Å². The molecule has 0 radical (unpaired) electrons. The van der Waals surface area contributed by atoms with E-state index in [-0.39, 0.29) is 6.42 Å². The largest absolute Gasteiger partial charge is 0.598 e. The van der Waals surface area contributed by atoms with E-state index in [1.807, 2.05) is 27.0 Å². The summed E-state index contributed by atoms with van der Waals surface area (Å²) in [4.78, 5) is 8.67. The third-order valence-corrected chi connectivity index (χ3v) is 6.21. The molecule has 1 heterocycles. The monoisotopic (exact) mass is 463 g/mol. The first-order valence-electron chi connectivity index (χ1n) is 7.79. The van der Waals surface area contributed by atoms with E-state index in [9.17, 15) is 13.3 Å². The van der Waals surface area contributed by atoms with E-state index < -0.39 is 33.8 Å². The van der Waals surface area contributed by atoms with Gasteiger partial charge in [0.25, 0.3) is 0 Å². The van der Waals surface area contributed by atoms with Crippen molar-refractivity contribution in [2.45, 2.75) is 43.1 Å². The molecule has 0 aliphatic carbocycles. The predicted molar refractivity (Wildman–Crippen MR) is 105 cm³/mol. The predicted octanol–water partition coefficient (Wildman–Crippen LogP) is 4.57. The van der Waals surface area contributed by atoms with Gasteiger partial charge in [-0.3, -0.25) is 0 Å². The minimum atomic E-state index is -1.39. The van der Waals surface area contributed by atoms with E-state index in [1.165, 1.54) is 23.9 Å². The summed E-state index contributed by atoms with van der Waals surface area (Å²) >= 11 is 3.40. The van der Waals surface area contributed by atoms with Crippen molar-refractivity contribution in [2.24, 2.45) is 0 Å². The molecule has 0 bridgehead atoms. The van der Waals surface area contributed by atoms with Gasteiger partial charge in [-0.15, -0.1) is 4.72 Å². The second-order valence-electron chi connectivity index (χ2n) is 6.62. The molecule has 0 saturated carbocycles. The van der Waals surface area contributed by atoms with Crippen LogP contribution in [0.3, 0.4) is 0 Å². The normalized spacial score (nSPS) is 14.3. The minimum absolute atomic E-state index is 0.222. The van der Waals surface area contributed by atoms with Crippen molar-refractivity contribution in [1.82, 2.24) is 14.7 Å². The van der Waals surface area contributed by atoms with Gasteiger partial charge in [0.2, 0.25) is 0 Å². The van der Waals surface area contributed by atoms with E-state index in [4.69, 9.17) is 0 Å². The number of thioether (sulfide) groups is 1. The number of nitrogens with one attached hydrogen (secondary N) is 1. The second kappa shape index (κ2) is 8.97. The van der Waals surface area contributed by atoms with Gasteiger partial charge in [0, 0.05) is 23.6 Å². The summed E-state index contributed by atoms with van der Waals surface area (Å²) in [6, 6.07) is 2.84. The molecule has 1 aromatic carbocycles. The highest BCUT2D eigenvalue weighted by atomic mass is 79.9.